The Balaban J connectivity index is 1.65. The lowest BCUT2D eigenvalue weighted by Crippen LogP contribution is -2.47. The smallest absolute Gasteiger partial charge is 0.242 e. The van der Waals surface area contributed by atoms with Crippen LogP contribution in [0.5, 0.6) is 0 Å². The Labute approximate surface area is 155 Å². The van der Waals surface area contributed by atoms with Crippen molar-refractivity contribution >= 4 is 5.91 Å². The van der Waals surface area contributed by atoms with E-state index in [4.69, 9.17) is 0 Å². The molecule has 136 valence electrons. The van der Waals surface area contributed by atoms with Gasteiger partial charge in [0.1, 0.15) is 5.54 Å². The highest BCUT2D eigenvalue weighted by atomic mass is 16.2. The summed E-state index contributed by atoms with van der Waals surface area (Å²) < 4.78 is 0. The molecule has 2 aliphatic rings. The van der Waals surface area contributed by atoms with Gasteiger partial charge in [-0.2, -0.15) is 0 Å². The number of carbonyl (C=O) groups is 1. The zero-order valence-electron chi connectivity index (χ0n) is 16.1. The van der Waals surface area contributed by atoms with Crippen LogP contribution < -0.4 is 5.32 Å². The van der Waals surface area contributed by atoms with E-state index in [1.54, 1.807) is 0 Å². The quantitative estimate of drug-likeness (QED) is 0.899. The summed E-state index contributed by atoms with van der Waals surface area (Å²) in [6, 6.07) is 8.91. The maximum absolute atomic E-state index is 12.6. The lowest BCUT2D eigenvalue weighted by atomic mass is 9.93. The molecule has 4 heteroatoms. The fourth-order valence-corrected chi connectivity index (χ4v) is 4.82. The molecule has 1 aromatic heterocycles. The van der Waals surface area contributed by atoms with Crippen LogP contribution in [0.25, 0.3) is 11.1 Å². The van der Waals surface area contributed by atoms with Gasteiger partial charge in [-0.1, -0.05) is 17.7 Å². The van der Waals surface area contributed by atoms with Crippen molar-refractivity contribution in [1.29, 1.82) is 0 Å². The maximum atomic E-state index is 12.6. The van der Waals surface area contributed by atoms with Gasteiger partial charge in [-0.25, -0.2) is 0 Å². The molecule has 0 bridgehead atoms. The number of likely N-dealkylation sites (tertiary alicyclic amines) is 1. The number of benzene rings is 1. The molecule has 1 N–H and O–H groups in total. The highest BCUT2D eigenvalue weighted by Gasteiger charge is 2.50. The van der Waals surface area contributed by atoms with Crippen LogP contribution in [0.2, 0.25) is 0 Å². The van der Waals surface area contributed by atoms with Crippen LogP contribution in [0.3, 0.4) is 0 Å². The van der Waals surface area contributed by atoms with Crippen LogP contribution in [0.1, 0.15) is 47.7 Å². The van der Waals surface area contributed by atoms with Crippen molar-refractivity contribution in [2.24, 2.45) is 0 Å². The van der Waals surface area contributed by atoms with E-state index >= 15 is 0 Å². The van der Waals surface area contributed by atoms with Crippen LogP contribution in [0, 0.1) is 20.8 Å². The van der Waals surface area contributed by atoms with Gasteiger partial charge in [0.15, 0.2) is 0 Å². The van der Waals surface area contributed by atoms with E-state index in [9.17, 15) is 4.79 Å². The Morgan fingerprint density at radius 3 is 2.54 bits per heavy atom. The number of nitrogens with zero attached hydrogens (tertiary/aromatic N) is 2. The molecule has 3 heterocycles. The van der Waals surface area contributed by atoms with E-state index < -0.39 is 0 Å². The van der Waals surface area contributed by atoms with Crippen LogP contribution in [-0.4, -0.2) is 34.9 Å². The highest BCUT2D eigenvalue weighted by molar-refractivity contribution is 5.88. The normalized spacial score (nSPS) is 25.5. The number of carbonyl (C=O) groups excluding carboxylic acids is 1. The first-order valence-electron chi connectivity index (χ1n) is 9.47. The number of hydrogen-bond acceptors (Lipinski definition) is 3. The predicted octanol–water partition coefficient (Wildman–Crippen LogP) is 3.70. The zero-order valence-corrected chi connectivity index (χ0v) is 16.1. The molecule has 0 saturated carbocycles. The fraction of sp³-hybridized carbons (Fsp3) is 0.455. The monoisotopic (exact) mass is 349 g/mol. The van der Waals surface area contributed by atoms with Crippen LogP contribution in [-0.2, 0) is 4.79 Å². The molecule has 4 nitrogen and oxygen atoms in total. The Morgan fingerprint density at radius 2 is 1.88 bits per heavy atom. The second-order valence-electron chi connectivity index (χ2n) is 8.04. The summed E-state index contributed by atoms with van der Waals surface area (Å²) in [5.74, 6) is 0.237. The van der Waals surface area contributed by atoms with Crippen molar-refractivity contribution in [3.8, 4) is 11.1 Å². The van der Waals surface area contributed by atoms with Crippen molar-refractivity contribution in [3.05, 3.63) is 52.8 Å². The minimum Gasteiger partial charge on any atom is -0.344 e. The molecule has 0 unspecified atom stereocenters. The minimum absolute atomic E-state index is 0.150. The van der Waals surface area contributed by atoms with Gasteiger partial charge >= 0.3 is 0 Å². The van der Waals surface area contributed by atoms with E-state index in [1.807, 2.05) is 18.1 Å². The zero-order chi connectivity index (χ0) is 18.5. The van der Waals surface area contributed by atoms with Crippen molar-refractivity contribution in [2.45, 2.75) is 51.6 Å². The Kier molecular flexibility index (Phi) is 4.11. The first-order chi connectivity index (χ1) is 12.4. The molecule has 2 aromatic rings. The number of aryl methyl sites for hydroxylation is 3. The predicted molar refractivity (Wildman–Crippen MR) is 104 cm³/mol. The highest BCUT2D eigenvalue weighted by Crippen LogP contribution is 2.39. The van der Waals surface area contributed by atoms with Crippen molar-refractivity contribution in [2.75, 3.05) is 13.6 Å². The van der Waals surface area contributed by atoms with Gasteiger partial charge < -0.3 is 4.90 Å². The Morgan fingerprint density at radius 1 is 1.15 bits per heavy atom. The molecule has 2 aliphatic heterocycles. The molecule has 2 fully saturated rings. The van der Waals surface area contributed by atoms with Crippen molar-refractivity contribution < 1.29 is 4.79 Å². The Bertz CT molecular complexity index is 852. The molecule has 0 radical (unpaired) electrons. The summed E-state index contributed by atoms with van der Waals surface area (Å²) in [5, 5.41) is 3.63. The van der Waals surface area contributed by atoms with E-state index in [1.165, 1.54) is 27.8 Å². The summed E-state index contributed by atoms with van der Waals surface area (Å²) in [4.78, 5) is 19.0. The van der Waals surface area contributed by atoms with Gasteiger partial charge in [0.2, 0.25) is 5.91 Å². The lowest BCUT2D eigenvalue weighted by molar-refractivity contribution is -0.131. The van der Waals surface area contributed by atoms with Gasteiger partial charge in [-0.15, -0.1) is 0 Å². The number of aromatic nitrogens is 1. The second kappa shape index (κ2) is 6.20. The molecule has 0 aliphatic carbocycles. The first-order valence-corrected chi connectivity index (χ1v) is 9.47. The third kappa shape index (κ3) is 2.73. The molecule has 4 rings (SSSR count). The van der Waals surface area contributed by atoms with Gasteiger partial charge in [0.05, 0.1) is 11.7 Å². The largest absolute Gasteiger partial charge is 0.344 e. The second-order valence-corrected chi connectivity index (χ2v) is 8.04. The van der Waals surface area contributed by atoms with Gasteiger partial charge in [-0.05, 0) is 74.4 Å². The minimum atomic E-state index is -0.368. The fourth-order valence-electron chi connectivity index (χ4n) is 4.82. The lowest BCUT2D eigenvalue weighted by Gasteiger charge is -2.23. The summed E-state index contributed by atoms with van der Waals surface area (Å²) in [6.45, 7) is 7.32. The molecule has 1 aromatic carbocycles. The van der Waals surface area contributed by atoms with Gasteiger partial charge in [-0.3, -0.25) is 15.1 Å². The number of pyridine rings is 1. The van der Waals surface area contributed by atoms with E-state index in [2.05, 4.69) is 55.3 Å². The summed E-state index contributed by atoms with van der Waals surface area (Å²) in [5.41, 5.74) is 7.06. The summed E-state index contributed by atoms with van der Waals surface area (Å²) >= 11 is 0. The third-order valence-electron chi connectivity index (χ3n) is 6.04. The first kappa shape index (κ1) is 17.2. The topological polar surface area (TPSA) is 45.2 Å². The maximum Gasteiger partial charge on any atom is 0.242 e. The van der Waals surface area contributed by atoms with Crippen molar-refractivity contribution in [1.82, 2.24) is 15.2 Å². The average molecular weight is 349 g/mol. The summed E-state index contributed by atoms with van der Waals surface area (Å²) in [7, 11) is 1.90. The number of likely N-dealkylation sites (N-methyl/N-ethyl adjacent to an activating group) is 1. The standard InChI is InChI=1S/C22H27N3O/c1-14-11-15(2)20(16(3)12-14)17-6-9-23-19(13-17)18-5-7-22(24-18)8-10-25(4)21(22)26/h6,9,11-13,18,24H,5,7-8,10H2,1-4H3/t18-,22+/m1/s1. The van der Waals surface area contributed by atoms with Crippen LogP contribution >= 0.6 is 0 Å². The van der Waals surface area contributed by atoms with E-state index in [-0.39, 0.29) is 17.5 Å². The summed E-state index contributed by atoms with van der Waals surface area (Å²) in [6.07, 6.45) is 4.66. The molecule has 26 heavy (non-hydrogen) atoms. The van der Waals surface area contributed by atoms with Gasteiger partial charge in [0.25, 0.3) is 0 Å². The number of hydrogen-bond donors (Lipinski definition) is 1. The molecule has 1 amide bonds. The molecular weight excluding hydrogens is 322 g/mol. The SMILES string of the molecule is Cc1cc(C)c(-c2ccnc([C@H]3CC[C@@]4(CCN(C)C4=O)N3)c2)c(C)c1. The van der Waals surface area contributed by atoms with E-state index in [0.717, 1.165) is 31.5 Å². The molecular formula is C22H27N3O. The van der Waals surface area contributed by atoms with E-state index in [0.29, 0.717) is 0 Å². The van der Waals surface area contributed by atoms with Gasteiger partial charge in [0, 0.05) is 19.8 Å². The molecule has 2 saturated heterocycles. The third-order valence-corrected chi connectivity index (χ3v) is 6.04. The Hall–Kier alpha value is -2.20. The molecule has 1 spiro atoms. The average Bonchev–Trinajstić information content (AvgIpc) is 3.15. The number of rotatable bonds is 2. The van der Waals surface area contributed by atoms with Crippen molar-refractivity contribution in [3.63, 3.8) is 0 Å². The number of amides is 1. The van der Waals surface area contributed by atoms with Crippen LogP contribution in [0.4, 0.5) is 0 Å². The number of nitrogens with one attached hydrogen (secondary N) is 1. The molecule has 2 atom stereocenters. The van der Waals surface area contributed by atoms with Crippen LogP contribution in [0.15, 0.2) is 30.5 Å².